The number of nitrogens with zero attached hydrogens (tertiary/aromatic N) is 8. The smallest absolute Gasteiger partial charge is 0.238 e. The highest BCUT2D eigenvalue weighted by atomic mass is 15.3. The van der Waals surface area contributed by atoms with E-state index in [1.807, 2.05) is 72.8 Å². The SMILES string of the molecule is Cc1cccc(C)c1N(c1nc(-c2ccccc2)nc(-c2ccccc2)n1)c1cc(C(C)C)c2ccc3c(N(c4nc(-c5ccccc5)nc(-c5ccccc5)n4)c4c(C)cccc4C)cc(C(C)C)c4ccc1c2c43. The summed E-state index contributed by atoms with van der Waals surface area (Å²) in [6, 6.07) is 68.0. The first-order valence-electron chi connectivity index (χ1n) is 26.3. The van der Waals surface area contributed by atoms with Gasteiger partial charge < -0.3 is 0 Å². The fraction of sp³-hybridized carbons (Fsp3) is 0.147. The van der Waals surface area contributed by atoms with E-state index in [9.17, 15) is 0 Å². The Labute approximate surface area is 444 Å². The topological polar surface area (TPSA) is 83.8 Å². The summed E-state index contributed by atoms with van der Waals surface area (Å²) in [7, 11) is 0. The van der Waals surface area contributed by atoms with Gasteiger partial charge >= 0.3 is 0 Å². The van der Waals surface area contributed by atoms with Gasteiger partial charge in [-0.3, -0.25) is 9.80 Å². The molecule has 370 valence electrons. The van der Waals surface area contributed by atoms with Crippen LogP contribution in [0.25, 0.3) is 77.9 Å². The van der Waals surface area contributed by atoms with Crippen molar-refractivity contribution >= 4 is 67.0 Å². The zero-order chi connectivity index (χ0) is 52.2. The molecule has 12 rings (SSSR count). The Balaban J connectivity index is 1.20. The maximum atomic E-state index is 5.44. The molecule has 0 aliphatic heterocycles. The lowest BCUT2D eigenvalue weighted by atomic mass is 9.84. The standard InChI is InChI=1S/C68H58N8/c1-41(2)55-39-57(75(61-43(5)23-21-24-44(61)6)67-71-63(47-27-13-9-14-28-47)69-64(72-67)48-29-15-10-16-30-48)53-38-36-52-56(42(3)4)40-58(54-37-35-51(55)59(53)60(52)54)76(62-45(7)25-22-26-46(62)8)68-73-65(49-31-17-11-18-32-49)70-66(74-68)50-33-19-12-20-34-50/h9-42H,1-8H3. The first kappa shape index (κ1) is 47.8. The minimum atomic E-state index is 0.162. The second-order valence-electron chi connectivity index (χ2n) is 20.5. The van der Waals surface area contributed by atoms with E-state index in [1.165, 1.54) is 32.7 Å². The Hall–Kier alpha value is -9.14. The molecule has 2 heterocycles. The largest absolute Gasteiger partial charge is 0.278 e. The van der Waals surface area contributed by atoms with Gasteiger partial charge in [0.25, 0.3) is 0 Å². The van der Waals surface area contributed by atoms with E-state index >= 15 is 0 Å². The molecule has 0 spiro atoms. The van der Waals surface area contributed by atoms with Gasteiger partial charge in [-0.05, 0) is 107 Å². The molecule has 8 heteroatoms. The van der Waals surface area contributed by atoms with Crippen LogP contribution in [0.3, 0.4) is 0 Å². The maximum Gasteiger partial charge on any atom is 0.238 e. The molecule has 10 aromatic carbocycles. The Morgan fingerprint density at radius 3 is 0.855 bits per heavy atom. The van der Waals surface area contributed by atoms with Crippen LogP contribution in [0.5, 0.6) is 0 Å². The Morgan fingerprint density at radius 2 is 0.579 bits per heavy atom. The third-order valence-electron chi connectivity index (χ3n) is 14.7. The van der Waals surface area contributed by atoms with Gasteiger partial charge in [-0.1, -0.05) is 210 Å². The van der Waals surface area contributed by atoms with Crippen molar-refractivity contribution in [1.82, 2.24) is 29.9 Å². The number of anilines is 6. The Morgan fingerprint density at radius 1 is 0.303 bits per heavy atom. The zero-order valence-electron chi connectivity index (χ0n) is 44.2. The van der Waals surface area contributed by atoms with Crippen LogP contribution < -0.4 is 9.80 Å². The average molecular weight is 987 g/mol. The predicted molar refractivity (Wildman–Crippen MR) is 315 cm³/mol. The summed E-state index contributed by atoms with van der Waals surface area (Å²) in [5.41, 5.74) is 14.6. The van der Waals surface area contributed by atoms with Gasteiger partial charge in [0.2, 0.25) is 11.9 Å². The minimum absolute atomic E-state index is 0.162. The van der Waals surface area contributed by atoms with E-state index in [1.54, 1.807) is 0 Å². The molecule has 0 saturated heterocycles. The van der Waals surface area contributed by atoms with Gasteiger partial charge in [0.05, 0.1) is 22.7 Å². The summed E-state index contributed by atoms with van der Waals surface area (Å²) < 4.78 is 0. The second-order valence-corrected chi connectivity index (χ2v) is 20.5. The molecule has 12 aromatic rings. The number of benzene rings is 10. The summed E-state index contributed by atoms with van der Waals surface area (Å²) in [5, 5.41) is 6.97. The van der Waals surface area contributed by atoms with E-state index in [-0.39, 0.29) is 11.8 Å². The van der Waals surface area contributed by atoms with Crippen LogP contribution in [0.1, 0.15) is 72.9 Å². The van der Waals surface area contributed by atoms with Crippen molar-refractivity contribution in [3.63, 3.8) is 0 Å². The van der Waals surface area contributed by atoms with Crippen molar-refractivity contribution < 1.29 is 0 Å². The summed E-state index contributed by atoms with van der Waals surface area (Å²) >= 11 is 0. The van der Waals surface area contributed by atoms with Crippen molar-refractivity contribution in [2.45, 2.75) is 67.2 Å². The predicted octanol–water partition coefficient (Wildman–Crippen LogP) is 18.0. The molecular formula is C68H58N8. The fourth-order valence-corrected chi connectivity index (χ4v) is 11.1. The molecule has 0 saturated carbocycles. The van der Waals surface area contributed by atoms with Crippen molar-refractivity contribution in [3.8, 4) is 45.6 Å². The van der Waals surface area contributed by atoms with E-state index in [0.29, 0.717) is 35.2 Å². The highest BCUT2D eigenvalue weighted by molar-refractivity contribution is 6.29. The first-order valence-corrected chi connectivity index (χ1v) is 26.3. The lowest BCUT2D eigenvalue weighted by molar-refractivity contribution is 0.875. The zero-order valence-corrected chi connectivity index (χ0v) is 44.2. The molecule has 0 bridgehead atoms. The average Bonchev–Trinajstić information content (AvgIpc) is 3.60. The molecule has 0 aliphatic carbocycles. The number of hydrogen-bond acceptors (Lipinski definition) is 8. The highest BCUT2D eigenvalue weighted by Gasteiger charge is 2.30. The summed E-state index contributed by atoms with van der Waals surface area (Å²) in [5.74, 6) is 3.81. The number of hydrogen-bond donors (Lipinski definition) is 0. The third kappa shape index (κ3) is 8.46. The van der Waals surface area contributed by atoms with Gasteiger partial charge in [0.1, 0.15) is 0 Å². The number of para-hydroxylation sites is 2. The van der Waals surface area contributed by atoms with Crippen LogP contribution in [-0.2, 0) is 0 Å². The molecule has 8 nitrogen and oxygen atoms in total. The van der Waals surface area contributed by atoms with E-state index in [4.69, 9.17) is 29.9 Å². The lowest BCUT2D eigenvalue weighted by Gasteiger charge is -2.32. The molecule has 0 N–H and O–H groups in total. The Bertz CT molecular complexity index is 3680. The second kappa shape index (κ2) is 19.6. The lowest BCUT2D eigenvalue weighted by Crippen LogP contribution is -2.19. The number of aryl methyl sites for hydroxylation is 4. The summed E-state index contributed by atoms with van der Waals surface area (Å²) in [6.45, 7) is 17.9. The molecule has 76 heavy (non-hydrogen) atoms. The minimum Gasteiger partial charge on any atom is -0.278 e. The van der Waals surface area contributed by atoms with Gasteiger partial charge in [-0.15, -0.1) is 0 Å². The van der Waals surface area contributed by atoms with Gasteiger partial charge in [-0.2, -0.15) is 19.9 Å². The summed E-state index contributed by atoms with van der Waals surface area (Å²) in [4.78, 5) is 36.7. The van der Waals surface area contributed by atoms with Crippen molar-refractivity contribution in [3.05, 3.63) is 228 Å². The monoisotopic (exact) mass is 986 g/mol. The highest BCUT2D eigenvalue weighted by Crippen LogP contribution is 2.52. The van der Waals surface area contributed by atoms with Crippen LogP contribution >= 0.6 is 0 Å². The van der Waals surface area contributed by atoms with Gasteiger partial charge in [-0.25, -0.2) is 9.97 Å². The van der Waals surface area contributed by atoms with Crippen LogP contribution in [0.4, 0.5) is 34.6 Å². The molecule has 0 unspecified atom stereocenters. The van der Waals surface area contributed by atoms with Crippen LogP contribution in [-0.4, -0.2) is 29.9 Å². The number of rotatable bonds is 12. The normalized spacial score (nSPS) is 11.7. The quantitative estimate of drug-likeness (QED) is 0.112. The molecule has 0 atom stereocenters. The van der Waals surface area contributed by atoms with Crippen molar-refractivity contribution in [2.24, 2.45) is 0 Å². The molecule has 0 radical (unpaired) electrons. The van der Waals surface area contributed by atoms with E-state index < -0.39 is 0 Å². The molecule has 0 amide bonds. The van der Waals surface area contributed by atoms with Crippen molar-refractivity contribution in [1.29, 1.82) is 0 Å². The summed E-state index contributed by atoms with van der Waals surface area (Å²) in [6.07, 6.45) is 0. The van der Waals surface area contributed by atoms with Gasteiger partial charge in [0.15, 0.2) is 23.3 Å². The molecule has 0 fully saturated rings. The molecular weight excluding hydrogens is 929 g/mol. The third-order valence-corrected chi connectivity index (χ3v) is 14.7. The maximum absolute atomic E-state index is 5.44. The Kier molecular flexibility index (Phi) is 12.3. The van der Waals surface area contributed by atoms with E-state index in [2.05, 4.69) is 187 Å². The van der Waals surface area contributed by atoms with Crippen LogP contribution in [0.2, 0.25) is 0 Å². The number of aromatic nitrogens is 6. The fourth-order valence-electron chi connectivity index (χ4n) is 11.1. The first-order chi connectivity index (χ1) is 37.0. The molecule has 2 aromatic heterocycles. The van der Waals surface area contributed by atoms with Crippen LogP contribution in [0.15, 0.2) is 194 Å². The molecule has 0 aliphatic rings. The van der Waals surface area contributed by atoms with Crippen molar-refractivity contribution in [2.75, 3.05) is 9.80 Å². The van der Waals surface area contributed by atoms with Gasteiger partial charge in [0, 0.05) is 33.0 Å². The van der Waals surface area contributed by atoms with E-state index in [0.717, 1.165) is 78.0 Å². The van der Waals surface area contributed by atoms with Crippen LogP contribution in [0, 0.1) is 27.7 Å².